The zero-order valence-corrected chi connectivity index (χ0v) is 15.9. The molecule has 0 radical (unpaired) electrons. The van der Waals surface area contributed by atoms with E-state index in [1.54, 1.807) is 24.3 Å². The molecule has 0 aliphatic heterocycles. The van der Waals surface area contributed by atoms with Crippen LogP contribution in [-0.4, -0.2) is 24.2 Å². The van der Waals surface area contributed by atoms with Gasteiger partial charge in [-0.15, -0.1) is 0 Å². The van der Waals surface area contributed by atoms with Crippen LogP contribution in [-0.2, 0) is 9.59 Å². The summed E-state index contributed by atoms with van der Waals surface area (Å²) in [5.74, 6) is -2.02. The molecule has 0 fully saturated rings. The van der Waals surface area contributed by atoms with Gasteiger partial charge in [-0.05, 0) is 24.3 Å². The van der Waals surface area contributed by atoms with Crippen LogP contribution in [0.5, 0.6) is 0 Å². The molecule has 10 heteroatoms. The first kappa shape index (κ1) is 20.2. The normalized spacial score (nSPS) is 11.1. The zero-order valence-electron chi connectivity index (χ0n) is 12.8. The predicted octanol–water partition coefficient (Wildman–Crippen LogP) is 3.90. The molecule has 2 rings (SSSR count). The number of benzene rings is 2. The van der Waals surface area contributed by atoms with Crippen molar-refractivity contribution >= 4 is 70.6 Å². The number of rotatable bonds is 4. The van der Waals surface area contributed by atoms with E-state index in [0.717, 1.165) is 0 Å². The Morgan fingerprint density at radius 1 is 0.731 bits per heavy atom. The third kappa shape index (κ3) is 6.00. The molecule has 0 unspecified atom stereocenters. The quantitative estimate of drug-likeness (QED) is 0.437. The van der Waals surface area contributed by atoms with Crippen molar-refractivity contribution in [3.05, 3.63) is 67.6 Å². The number of hydrogen-bond acceptors (Lipinski definition) is 4. The first-order chi connectivity index (χ1) is 12.4. The average molecular weight is 432 g/mol. The van der Waals surface area contributed by atoms with Gasteiger partial charge in [0.15, 0.2) is 0 Å². The van der Waals surface area contributed by atoms with E-state index in [9.17, 15) is 9.59 Å². The van der Waals surface area contributed by atoms with E-state index in [1.807, 2.05) is 10.9 Å². The van der Waals surface area contributed by atoms with Gasteiger partial charge in [-0.25, -0.2) is 10.9 Å². The summed E-state index contributed by atoms with van der Waals surface area (Å²) < 4.78 is 0. The minimum atomic E-state index is -1.01. The maximum absolute atomic E-state index is 11.6. The highest BCUT2D eigenvalue weighted by Gasteiger charge is 2.11. The molecular formula is C16H10Cl4N4O2. The smallest absolute Gasteiger partial charge is 0.262 e. The van der Waals surface area contributed by atoms with Crippen LogP contribution >= 0.6 is 46.4 Å². The lowest BCUT2D eigenvalue weighted by Gasteiger charge is -2.00. The van der Waals surface area contributed by atoms with E-state index in [2.05, 4.69) is 10.2 Å². The molecular weight excluding hydrogens is 422 g/mol. The first-order valence-electron chi connectivity index (χ1n) is 6.93. The third-order valence-electron chi connectivity index (χ3n) is 2.87. The van der Waals surface area contributed by atoms with Crippen LogP contribution in [0, 0.1) is 0 Å². The average Bonchev–Trinajstić information content (AvgIpc) is 2.58. The Kier molecular flexibility index (Phi) is 7.41. The number of halogens is 4. The molecule has 0 saturated carbocycles. The second-order valence-electron chi connectivity index (χ2n) is 4.73. The molecule has 0 atom stereocenters. The van der Waals surface area contributed by atoms with Gasteiger partial charge in [0.1, 0.15) is 0 Å². The van der Waals surface area contributed by atoms with Gasteiger partial charge in [0.2, 0.25) is 0 Å². The fourth-order valence-electron chi connectivity index (χ4n) is 1.63. The molecule has 26 heavy (non-hydrogen) atoms. The number of amides is 2. The molecule has 0 aliphatic rings. The van der Waals surface area contributed by atoms with Crippen molar-refractivity contribution < 1.29 is 9.59 Å². The van der Waals surface area contributed by atoms with Crippen LogP contribution < -0.4 is 10.9 Å². The maximum atomic E-state index is 11.6. The number of hydrazone groups is 2. The molecule has 2 aromatic carbocycles. The standard InChI is InChI=1S/C16H10Cl4N4O2/c17-11-3-1-9(13(19)5-11)7-21-23-15(25)16(26)24-22-8-10-2-4-12(18)6-14(10)20/h1-8H,(H,23,25)(H,24,26)/b21-7+,22-8?. The summed E-state index contributed by atoms with van der Waals surface area (Å²) in [6.45, 7) is 0. The van der Waals surface area contributed by atoms with E-state index in [4.69, 9.17) is 46.4 Å². The lowest BCUT2D eigenvalue weighted by Crippen LogP contribution is -2.35. The van der Waals surface area contributed by atoms with Crippen molar-refractivity contribution in [2.24, 2.45) is 10.2 Å². The Morgan fingerprint density at radius 3 is 1.46 bits per heavy atom. The topological polar surface area (TPSA) is 82.9 Å². The molecule has 6 nitrogen and oxygen atoms in total. The highest BCUT2D eigenvalue weighted by molar-refractivity contribution is 6.37. The minimum absolute atomic E-state index is 0.351. The summed E-state index contributed by atoms with van der Waals surface area (Å²) >= 11 is 23.4. The van der Waals surface area contributed by atoms with Gasteiger partial charge in [-0.2, -0.15) is 10.2 Å². The molecule has 2 amide bonds. The van der Waals surface area contributed by atoms with Gasteiger partial charge in [0.05, 0.1) is 22.5 Å². The fourth-order valence-corrected chi connectivity index (χ4v) is 2.55. The highest BCUT2D eigenvalue weighted by atomic mass is 35.5. The van der Waals surface area contributed by atoms with Crippen LogP contribution in [0.3, 0.4) is 0 Å². The molecule has 0 heterocycles. The maximum Gasteiger partial charge on any atom is 0.331 e. The highest BCUT2D eigenvalue weighted by Crippen LogP contribution is 2.20. The monoisotopic (exact) mass is 430 g/mol. The Hall–Kier alpha value is -2.12. The molecule has 134 valence electrons. The van der Waals surface area contributed by atoms with Gasteiger partial charge in [-0.3, -0.25) is 9.59 Å². The minimum Gasteiger partial charge on any atom is -0.262 e. The van der Waals surface area contributed by atoms with Crippen LogP contribution in [0.1, 0.15) is 11.1 Å². The van der Waals surface area contributed by atoms with Gasteiger partial charge >= 0.3 is 11.8 Å². The van der Waals surface area contributed by atoms with E-state index in [0.29, 0.717) is 31.2 Å². The Balaban J connectivity index is 1.88. The van der Waals surface area contributed by atoms with Gasteiger partial charge in [-0.1, -0.05) is 58.5 Å². The summed E-state index contributed by atoms with van der Waals surface area (Å²) in [5.41, 5.74) is 5.14. The second kappa shape index (κ2) is 9.54. The van der Waals surface area contributed by atoms with Crippen LogP contribution in [0.25, 0.3) is 0 Å². The fraction of sp³-hybridized carbons (Fsp3) is 0. The molecule has 0 aromatic heterocycles. The van der Waals surface area contributed by atoms with E-state index in [-0.39, 0.29) is 0 Å². The lowest BCUT2D eigenvalue weighted by atomic mass is 10.2. The third-order valence-corrected chi connectivity index (χ3v) is 4.00. The predicted molar refractivity (Wildman–Crippen MR) is 104 cm³/mol. The van der Waals surface area contributed by atoms with Crippen molar-refractivity contribution in [3.8, 4) is 0 Å². The first-order valence-corrected chi connectivity index (χ1v) is 8.44. The number of hydrogen-bond donors (Lipinski definition) is 2. The summed E-state index contributed by atoms with van der Waals surface area (Å²) in [7, 11) is 0. The van der Waals surface area contributed by atoms with Gasteiger partial charge in [0, 0.05) is 21.2 Å². The molecule has 2 N–H and O–H groups in total. The number of carbonyl (C=O) groups is 2. The van der Waals surface area contributed by atoms with E-state index >= 15 is 0 Å². The second-order valence-corrected chi connectivity index (χ2v) is 6.42. The molecule has 0 bridgehead atoms. The Labute approximate surface area is 168 Å². The number of nitrogens with zero attached hydrogens (tertiary/aromatic N) is 2. The Bertz CT molecular complexity index is 826. The van der Waals surface area contributed by atoms with Crippen LogP contribution in [0.15, 0.2) is 46.6 Å². The van der Waals surface area contributed by atoms with Crippen molar-refractivity contribution in [1.29, 1.82) is 0 Å². The molecule has 0 spiro atoms. The van der Waals surface area contributed by atoms with Crippen molar-refractivity contribution in [1.82, 2.24) is 10.9 Å². The summed E-state index contributed by atoms with van der Waals surface area (Å²) in [4.78, 5) is 23.2. The van der Waals surface area contributed by atoms with Gasteiger partial charge in [0.25, 0.3) is 0 Å². The van der Waals surface area contributed by atoms with Crippen LogP contribution in [0.2, 0.25) is 20.1 Å². The summed E-state index contributed by atoms with van der Waals surface area (Å²) in [6.07, 6.45) is 2.56. The SMILES string of the molecule is O=C(NN=Cc1ccc(Cl)cc1Cl)C(=O)N/N=C/c1ccc(Cl)cc1Cl. The summed E-state index contributed by atoms with van der Waals surface area (Å²) in [5, 5.41) is 8.92. The van der Waals surface area contributed by atoms with E-state index < -0.39 is 11.8 Å². The molecule has 0 aliphatic carbocycles. The molecule has 2 aromatic rings. The number of carbonyl (C=O) groups excluding carboxylic acids is 2. The van der Waals surface area contributed by atoms with Crippen molar-refractivity contribution in [2.45, 2.75) is 0 Å². The molecule has 0 saturated heterocycles. The lowest BCUT2D eigenvalue weighted by molar-refractivity contribution is -0.139. The van der Waals surface area contributed by atoms with Crippen LogP contribution in [0.4, 0.5) is 0 Å². The number of nitrogens with one attached hydrogen (secondary N) is 2. The summed E-state index contributed by atoms with van der Waals surface area (Å²) in [6, 6.07) is 9.49. The van der Waals surface area contributed by atoms with Gasteiger partial charge < -0.3 is 0 Å². The van der Waals surface area contributed by atoms with Crippen molar-refractivity contribution in [2.75, 3.05) is 0 Å². The van der Waals surface area contributed by atoms with Crippen molar-refractivity contribution in [3.63, 3.8) is 0 Å². The largest absolute Gasteiger partial charge is 0.331 e. The van der Waals surface area contributed by atoms with E-state index in [1.165, 1.54) is 24.6 Å². The zero-order chi connectivity index (χ0) is 19.1. The Morgan fingerprint density at radius 2 is 1.12 bits per heavy atom.